The first-order valence-corrected chi connectivity index (χ1v) is 13.5. The molecule has 6 rings (SSSR count). The van der Waals surface area contributed by atoms with Gasteiger partial charge in [0.1, 0.15) is 17.9 Å². The highest BCUT2D eigenvalue weighted by molar-refractivity contribution is 9.10. The molecule has 4 heterocycles. The van der Waals surface area contributed by atoms with Crippen LogP contribution in [0.25, 0.3) is 10.9 Å². The average molecular weight is 552 g/mol. The van der Waals surface area contributed by atoms with Crippen molar-refractivity contribution in [3.63, 3.8) is 0 Å². The van der Waals surface area contributed by atoms with Gasteiger partial charge < -0.3 is 14.8 Å². The molecule has 7 nitrogen and oxygen atoms in total. The lowest BCUT2D eigenvalue weighted by Crippen LogP contribution is -2.62. The number of rotatable bonds is 8. The van der Waals surface area contributed by atoms with Crippen molar-refractivity contribution in [1.82, 2.24) is 19.8 Å². The normalized spacial score (nSPS) is 23.1. The molecule has 0 amide bonds. The highest BCUT2D eigenvalue weighted by Gasteiger charge is 2.46. The molecule has 0 radical (unpaired) electrons. The Morgan fingerprint density at radius 3 is 2.17 bits per heavy atom. The van der Waals surface area contributed by atoms with E-state index < -0.39 is 11.6 Å². The Hall–Kier alpha value is -1.78. The molecule has 1 aromatic heterocycles. The van der Waals surface area contributed by atoms with Crippen molar-refractivity contribution >= 4 is 32.7 Å². The number of nitrogens with zero attached hydrogens (tertiary/aromatic N) is 4. The number of likely N-dealkylation sites (tertiary alicyclic amines) is 1. The summed E-state index contributed by atoms with van der Waals surface area (Å²) in [7, 11) is 1.37. The van der Waals surface area contributed by atoms with Crippen LogP contribution >= 0.6 is 15.9 Å². The average Bonchev–Trinajstić information content (AvgIpc) is 3.37. The third-order valence-corrected chi connectivity index (χ3v) is 9.49. The van der Waals surface area contributed by atoms with Gasteiger partial charge in [-0.2, -0.15) is 9.97 Å². The maximum absolute atomic E-state index is 15.3. The van der Waals surface area contributed by atoms with E-state index in [9.17, 15) is 4.39 Å². The zero-order chi connectivity index (χ0) is 24.2. The number of halogens is 3. The minimum Gasteiger partial charge on any atom is -0.493 e. The monoisotopic (exact) mass is 551 g/mol. The Balaban J connectivity index is 1.36. The van der Waals surface area contributed by atoms with E-state index >= 15 is 4.39 Å². The number of hydrogen-bond donors (Lipinski definition) is 1. The van der Waals surface area contributed by atoms with Crippen molar-refractivity contribution < 1.29 is 18.3 Å². The largest absolute Gasteiger partial charge is 0.493 e. The fourth-order valence-electron chi connectivity index (χ4n) is 6.50. The number of aromatic nitrogens is 2. The van der Waals surface area contributed by atoms with Gasteiger partial charge in [-0.05, 0) is 93.5 Å². The minimum absolute atomic E-state index is 0.0126. The molecule has 0 spiro atoms. The van der Waals surface area contributed by atoms with Gasteiger partial charge in [-0.15, -0.1) is 0 Å². The third kappa shape index (κ3) is 3.78. The predicted octanol–water partition coefficient (Wildman–Crippen LogP) is 4.73. The van der Waals surface area contributed by atoms with Gasteiger partial charge in [0.05, 0.1) is 22.5 Å². The van der Waals surface area contributed by atoms with E-state index in [1.807, 2.05) is 0 Å². The van der Waals surface area contributed by atoms with E-state index in [0.717, 1.165) is 64.7 Å². The smallest absolute Gasteiger partial charge is 0.319 e. The first-order valence-electron chi connectivity index (χ1n) is 12.8. The molecule has 2 aromatic rings. The van der Waals surface area contributed by atoms with Crippen LogP contribution in [0.1, 0.15) is 51.4 Å². The third-order valence-electron chi connectivity index (χ3n) is 8.79. The van der Waals surface area contributed by atoms with Crippen molar-refractivity contribution in [2.24, 2.45) is 0 Å². The zero-order valence-electron chi connectivity index (χ0n) is 20.1. The van der Waals surface area contributed by atoms with Crippen molar-refractivity contribution in [3.05, 3.63) is 16.1 Å². The molecule has 3 aliphatic heterocycles. The maximum Gasteiger partial charge on any atom is 0.319 e. The van der Waals surface area contributed by atoms with Gasteiger partial charge in [-0.3, -0.25) is 9.80 Å². The van der Waals surface area contributed by atoms with Crippen LogP contribution in [0.2, 0.25) is 0 Å². The van der Waals surface area contributed by atoms with Crippen molar-refractivity contribution in [3.8, 4) is 11.8 Å². The van der Waals surface area contributed by atoms with Crippen molar-refractivity contribution in [1.29, 1.82) is 0 Å². The summed E-state index contributed by atoms with van der Waals surface area (Å²) in [6.07, 6.45) is 9.11. The van der Waals surface area contributed by atoms with Gasteiger partial charge in [0.2, 0.25) is 0 Å². The van der Waals surface area contributed by atoms with E-state index in [-0.39, 0.29) is 38.2 Å². The first kappa shape index (κ1) is 23.6. The second-order valence-electron chi connectivity index (χ2n) is 10.5. The van der Waals surface area contributed by atoms with Gasteiger partial charge in [0, 0.05) is 12.1 Å². The van der Waals surface area contributed by atoms with Crippen LogP contribution in [-0.2, 0) is 0 Å². The van der Waals surface area contributed by atoms with Gasteiger partial charge in [0.25, 0.3) is 0 Å². The number of methoxy groups -OCH3 is 1. The van der Waals surface area contributed by atoms with Crippen molar-refractivity contribution in [2.75, 3.05) is 51.8 Å². The summed E-state index contributed by atoms with van der Waals surface area (Å²) < 4.78 is 41.5. The molecule has 10 heteroatoms. The molecular formula is C25H32BrF2N5O2. The lowest BCUT2D eigenvalue weighted by Gasteiger charge is -2.54. The van der Waals surface area contributed by atoms with E-state index in [1.165, 1.54) is 20.0 Å². The van der Waals surface area contributed by atoms with Gasteiger partial charge in [-0.25, -0.2) is 8.78 Å². The Bertz CT molecular complexity index is 1130. The minimum atomic E-state index is -0.801. The fraction of sp³-hybridized carbons (Fsp3) is 0.680. The molecular weight excluding hydrogens is 520 g/mol. The Labute approximate surface area is 212 Å². The summed E-state index contributed by atoms with van der Waals surface area (Å²) in [4.78, 5) is 14.1. The quantitative estimate of drug-likeness (QED) is 0.476. The first-order chi connectivity index (χ1) is 17.0. The Kier molecular flexibility index (Phi) is 6.04. The second kappa shape index (κ2) is 8.95. The summed E-state index contributed by atoms with van der Waals surface area (Å²) in [6.45, 7) is 5.49. The van der Waals surface area contributed by atoms with Crippen molar-refractivity contribution in [2.45, 2.75) is 62.4 Å². The number of fused-ring (bicyclic) bond motifs is 2. The summed E-state index contributed by atoms with van der Waals surface area (Å²) in [6, 6.07) is 0.110. The van der Waals surface area contributed by atoms with Crippen LogP contribution in [0.15, 0.2) is 4.47 Å². The van der Waals surface area contributed by atoms with E-state index in [2.05, 4.69) is 41.0 Å². The summed E-state index contributed by atoms with van der Waals surface area (Å²) in [5, 5.41) is 3.64. The number of anilines is 1. The molecule has 4 fully saturated rings. The standard InChI is InChI=1S/C25H32BrF2N5O2/c1-34-21-16-20(18(27)17(26)19(21)28)30-23(35-15-25-8-3-10-33(25)11-4-9-25)31-22(16)29-14-24(6-2-7-24)32-12-5-13-32/h2-15H2,1H3,(H,29,30,31). The SMILES string of the molecule is COc1c(F)c(Br)c(F)c2nc(OCC34CCCN3CCC4)nc(NCC3(N4CCC4)CCC3)c12. The lowest BCUT2D eigenvalue weighted by atomic mass is 9.73. The molecule has 4 aliphatic rings. The van der Waals surface area contributed by atoms with Crippen LogP contribution in [0.4, 0.5) is 14.6 Å². The molecule has 1 aromatic carbocycles. The molecule has 3 saturated heterocycles. The lowest BCUT2D eigenvalue weighted by molar-refractivity contribution is -0.0181. The summed E-state index contributed by atoms with van der Waals surface area (Å²) >= 11 is 3.03. The van der Waals surface area contributed by atoms with Gasteiger partial charge in [0.15, 0.2) is 17.4 Å². The number of ether oxygens (including phenoxy) is 2. The number of benzene rings is 1. The highest BCUT2D eigenvalue weighted by atomic mass is 79.9. The maximum atomic E-state index is 15.3. The summed E-state index contributed by atoms with van der Waals surface area (Å²) in [5.41, 5.74) is 0.0732. The topological polar surface area (TPSA) is 62.8 Å². The Morgan fingerprint density at radius 2 is 1.57 bits per heavy atom. The number of hydrogen-bond acceptors (Lipinski definition) is 7. The van der Waals surface area contributed by atoms with E-state index in [0.29, 0.717) is 19.0 Å². The molecule has 0 bridgehead atoms. The molecule has 1 saturated carbocycles. The summed E-state index contributed by atoms with van der Waals surface area (Å²) in [5.74, 6) is -1.31. The molecule has 190 valence electrons. The molecule has 0 atom stereocenters. The van der Waals surface area contributed by atoms with Crippen LogP contribution in [-0.4, -0.2) is 77.3 Å². The zero-order valence-corrected chi connectivity index (χ0v) is 21.7. The molecule has 1 N–H and O–H groups in total. The fourth-order valence-corrected chi connectivity index (χ4v) is 6.86. The highest BCUT2D eigenvalue weighted by Crippen LogP contribution is 2.44. The van der Waals surface area contributed by atoms with Gasteiger partial charge in [-0.1, -0.05) is 0 Å². The van der Waals surface area contributed by atoms with Crippen LogP contribution in [0.3, 0.4) is 0 Å². The van der Waals surface area contributed by atoms with Crippen LogP contribution in [0, 0.1) is 11.6 Å². The molecule has 0 unspecified atom stereocenters. The second-order valence-corrected chi connectivity index (χ2v) is 11.3. The molecule has 35 heavy (non-hydrogen) atoms. The molecule has 1 aliphatic carbocycles. The Morgan fingerprint density at radius 1 is 0.914 bits per heavy atom. The number of nitrogens with one attached hydrogen (secondary N) is 1. The van der Waals surface area contributed by atoms with Crippen LogP contribution < -0.4 is 14.8 Å². The van der Waals surface area contributed by atoms with E-state index in [1.54, 1.807) is 0 Å². The van der Waals surface area contributed by atoms with Gasteiger partial charge >= 0.3 is 6.01 Å². The van der Waals surface area contributed by atoms with E-state index in [4.69, 9.17) is 9.47 Å². The van der Waals surface area contributed by atoms with Crippen LogP contribution in [0.5, 0.6) is 11.8 Å². The predicted molar refractivity (Wildman–Crippen MR) is 133 cm³/mol.